The first-order valence-corrected chi connectivity index (χ1v) is 7.21. The molecule has 0 saturated carbocycles. The number of hydrogen-bond acceptors (Lipinski definition) is 6. The number of thioether (sulfide) groups is 1. The van der Waals surface area contributed by atoms with Crippen LogP contribution in [0, 0.1) is 6.92 Å². The van der Waals surface area contributed by atoms with Crippen LogP contribution in [0.1, 0.15) is 23.7 Å². The lowest BCUT2D eigenvalue weighted by Gasteiger charge is -2.10. The highest BCUT2D eigenvalue weighted by Gasteiger charge is 2.12. The van der Waals surface area contributed by atoms with E-state index in [2.05, 4.69) is 15.5 Å². The second kappa shape index (κ2) is 6.01. The molecule has 2 heterocycles. The highest BCUT2D eigenvalue weighted by Crippen LogP contribution is 2.21. The van der Waals surface area contributed by atoms with Crippen LogP contribution >= 0.6 is 23.1 Å². The average molecular weight is 283 g/mol. The maximum absolute atomic E-state index is 11.7. The summed E-state index contributed by atoms with van der Waals surface area (Å²) in [5.41, 5.74) is 0. The number of rotatable bonds is 5. The van der Waals surface area contributed by atoms with Crippen molar-refractivity contribution in [2.24, 2.45) is 0 Å². The van der Waals surface area contributed by atoms with Gasteiger partial charge in [-0.3, -0.25) is 4.79 Å². The molecule has 2 aromatic heterocycles. The van der Waals surface area contributed by atoms with Crippen LogP contribution in [0.5, 0.6) is 0 Å². The summed E-state index contributed by atoms with van der Waals surface area (Å²) in [4.78, 5) is 11.7. The van der Waals surface area contributed by atoms with Gasteiger partial charge in [-0.1, -0.05) is 23.1 Å². The summed E-state index contributed by atoms with van der Waals surface area (Å²) in [5.74, 6) is 1.04. The van der Waals surface area contributed by atoms with E-state index in [4.69, 9.17) is 4.42 Å². The molecule has 0 bridgehead atoms. The highest BCUT2D eigenvalue weighted by molar-refractivity contribution is 8.01. The summed E-state index contributed by atoms with van der Waals surface area (Å²) in [6.07, 6.45) is 1.59. The Morgan fingerprint density at radius 3 is 3.06 bits per heavy atom. The van der Waals surface area contributed by atoms with Gasteiger partial charge in [0.1, 0.15) is 10.8 Å². The standard InChI is InChI=1S/C11H13N3O2S2/c1-7(9-4-3-5-16-9)12-10(15)6-17-11-14-13-8(2)18-11/h3-5,7H,6H2,1-2H3,(H,12,15). The van der Waals surface area contributed by atoms with Gasteiger partial charge in [0.15, 0.2) is 4.34 Å². The normalized spacial score (nSPS) is 12.3. The van der Waals surface area contributed by atoms with Crippen molar-refractivity contribution in [3.63, 3.8) is 0 Å². The zero-order valence-electron chi connectivity index (χ0n) is 10.0. The third kappa shape index (κ3) is 3.58. The number of amides is 1. The van der Waals surface area contributed by atoms with Gasteiger partial charge in [0, 0.05) is 0 Å². The Bertz CT molecular complexity index is 510. The van der Waals surface area contributed by atoms with Gasteiger partial charge in [-0.15, -0.1) is 10.2 Å². The van der Waals surface area contributed by atoms with Crippen LogP contribution in [0.25, 0.3) is 0 Å². The summed E-state index contributed by atoms with van der Waals surface area (Å²) in [6, 6.07) is 3.52. The molecule has 1 unspecified atom stereocenters. The zero-order valence-corrected chi connectivity index (χ0v) is 11.7. The van der Waals surface area contributed by atoms with E-state index in [0.717, 1.165) is 15.1 Å². The molecule has 1 atom stereocenters. The lowest BCUT2D eigenvalue weighted by atomic mass is 10.2. The van der Waals surface area contributed by atoms with Gasteiger partial charge in [0.25, 0.3) is 0 Å². The number of carbonyl (C=O) groups is 1. The quantitative estimate of drug-likeness (QED) is 0.853. The Hall–Kier alpha value is -1.34. The molecular formula is C11H13N3O2S2. The van der Waals surface area contributed by atoms with E-state index in [1.165, 1.54) is 23.1 Å². The lowest BCUT2D eigenvalue weighted by Crippen LogP contribution is -2.27. The number of hydrogen-bond donors (Lipinski definition) is 1. The van der Waals surface area contributed by atoms with E-state index >= 15 is 0 Å². The van der Waals surface area contributed by atoms with Crippen LogP contribution in [0.15, 0.2) is 27.2 Å². The van der Waals surface area contributed by atoms with Crippen LogP contribution in [0.3, 0.4) is 0 Å². The fourth-order valence-corrected chi connectivity index (χ4v) is 2.98. The Balaban J connectivity index is 1.78. The minimum Gasteiger partial charge on any atom is -0.467 e. The first-order chi connectivity index (χ1) is 8.65. The van der Waals surface area contributed by atoms with Gasteiger partial charge in [-0.2, -0.15) is 0 Å². The molecule has 7 heteroatoms. The second-order valence-electron chi connectivity index (χ2n) is 3.68. The lowest BCUT2D eigenvalue weighted by molar-refractivity contribution is -0.119. The highest BCUT2D eigenvalue weighted by atomic mass is 32.2. The number of aryl methyl sites for hydroxylation is 1. The monoisotopic (exact) mass is 283 g/mol. The third-order valence-electron chi connectivity index (χ3n) is 2.18. The zero-order chi connectivity index (χ0) is 13.0. The average Bonchev–Trinajstić information content (AvgIpc) is 2.97. The largest absolute Gasteiger partial charge is 0.467 e. The van der Waals surface area contributed by atoms with Crippen molar-refractivity contribution in [3.05, 3.63) is 29.2 Å². The summed E-state index contributed by atoms with van der Waals surface area (Å²) in [7, 11) is 0. The molecule has 96 valence electrons. The molecule has 0 spiro atoms. The molecule has 2 aromatic rings. The molecule has 0 aliphatic carbocycles. The molecular weight excluding hydrogens is 270 g/mol. The smallest absolute Gasteiger partial charge is 0.231 e. The van der Waals surface area contributed by atoms with Gasteiger partial charge in [-0.05, 0) is 26.0 Å². The van der Waals surface area contributed by atoms with Crippen molar-refractivity contribution in [2.45, 2.75) is 24.2 Å². The van der Waals surface area contributed by atoms with Crippen molar-refractivity contribution in [3.8, 4) is 0 Å². The second-order valence-corrected chi connectivity index (χ2v) is 6.08. The molecule has 0 aromatic carbocycles. The molecule has 5 nitrogen and oxygen atoms in total. The Labute approximate surface area is 113 Å². The molecule has 2 rings (SSSR count). The van der Waals surface area contributed by atoms with E-state index < -0.39 is 0 Å². The van der Waals surface area contributed by atoms with Crippen LogP contribution in [-0.2, 0) is 4.79 Å². The number of nitrogens with zero attached hydrogens (tertiary/aromatic N) is 2. The summed E-state index contributed by atoms with van der Waals surface area (Å²) >= 11 is 2.88. The summed E-state index contributed by atoms with van der Waals surface area (Å²) in [5, 5.41) is 11.6. The maximum Gasteiger partial charge on any atom is 0.231 e. The van der Waals surface area contributed by atoms with Gasteiger partial charge < -0.3 is 9.73 Å². The SMILES string of the molecule is Cc1nnc(SCC(=O)NC(C)c2ccco2)s1. The minimum atomic E-state index is -0.121. The van der Waals surface area contributed by atoms with Crippen LogP contribution in [0.2, 0.25) is 0 Å². The van der Waals surface area contributed by atoms with Crippen molar-refractivity contribution in [1.82, 2.24) is 15.5 Å². The van der Waals surface area contributed by atoms with E-state index in [9.17, 15) is 4.79 Å². The summed E-state index contributed by atoms with van der Waals surface area (Å²) in [6.45, 7) is 3.78. The van der Waals surface area contributed by atoms with Gasteiger partial charge in [0.2, 0.25) is 5.91 Å². The van der Waals surface area contributed by atoms with Crippen molar-refractivity contribution in [2.75, 3.05) is 5.75 Å². The van der Waals surface area contributed by atoms with Crippen LogP contribution in [-0.4, -0.2) is 21.9 Å². The molecule has 18 heavy (non-hydrogen) atoms. The third-order valence-corrected chi connectivity index (χ3v) is 4.15. The number of furan rings is 1. The van der Waals surface area contributed by atoms with E-state index in [0.29, 0.717) is 5.75 Å². The summed E-state index contributed by atoms with van der Waals surface area (Å²) < 4.78 is 6.03. The van der Waals surface area contributed by atoms with Gasteiger partial charge >= 0.3 is 0 Å². The number of aromatic nitrogens is 2. The predicted octanol–water partition coefficient (Wildman–Crippen LogP) is 2.41. The Morgan fingerprint density at radius 2 is 2.44 bits per heavy atom. The van der Waals surface area contributed by atoms with Crippen LogP contribution in [0.4, 0.5) is 0 Å². The minimum absolute atomic E-state index is 0.0447. The molecule has 1 amide bonds. The fourth-order valence-electron chi connectivity index (χ4n) is 1.36. The Kier molecular flexibility index (Phi) is 4.38. The van der Waals surface area contributed by atoms with Crippen molar-refractivity contribution < 1.29 is 9.21 Å². The van der Waals surface area contributed by atoms with E-state index in [1.807, 2.05) is 19.9 Å². The first kappa shape index (κ1) is 13.1. The van der Waals surface area contributed by atoms with Gasteiger partial charge in [-0.25, -0.2) is 0 Å². The van der Waals surface area contributed by atoms with E-state index in [1.54, 1.807) is 12.3 Å². The molecule has 0 fully saturated rings. The van der Waals surface area contributed by atoms with Gasteiger partial charge in [0.05, 0.1) is 18.1 Å². The maximum atomic E-state index is 11.7. The molecule has 0 aliphatic rings. The fraction of sp³-hybridized carbons (Fsp3) is 0.364. The Morgan fingerprint density at radius 1 is 1.61 bits per heavy atom. The van der Waals surface area contributed by atoms with Crippen molar-refractivity contribution in [1.29, 1.82) is 0 Å². The van der Waals surface area contributed by atoms with Crippen LogP contribution < -0.4 is 5.32 Å². The predicted molar refractivity (Wildman–Crippen MR) is 70.6 cm³/mol. The first-order valence-electron chi connectivity index (χ1n) is 5.41. The molecule has 0 radical (unpaired) electrons. The van der Waals surface area contributed by atoms with Crippen molar-refractivity contribution >= 4 is 29.0 Å². The molecule has 0 saturated heterocycles. The number of carbonyl (C=O) groups excluding carboxylic acids is 1. The van der Waals surface area contributed by atoms with E-state index in [-0.39, 0.29) is 11.9 Å². The molecule has 1 N–H and O–H groups in total. The topological polar surface area (TPSA) is 68.0 Å². The molecule has 0 aliphatic heterocycles. The number of nitrogens with one attached hydrogen (secondary N) is 1.